The first-order chi connectivity index (χ1) is 6.24. The molecule has 1 aromatic heterocycles. The number of nitrogens with two attached hydrogens (primary N) is 1. The molecule has 0 aromatic carbocycles. The number of aromatic nitrogens is 1. The molecule has 1 rings (SSSR count). The third kappa shape index (κ3) is 2.75. The summed E-state index contributed by atoms with van der Waals surface area (Å²) < 4.78 is 0. The summed E-state index contributed by atoms with van der Waals surface area (Å²) in [6.45, 7) is 5.57. The van der Waals surface area contributed by atoms with Crippen LogP contribution in [0.25, 0.3) is 6.08 Å². The normalized spacial score (nSPS) is 11.3. The molecule has 0 aliphatic carbocycles. The van der Waals surface area contributed by atoms with Crippen molar-refractivity contribution in [1.82, 2.24) is 4.98 Å². The highest BCUT2D eigenvalue weighted by atomic mass is 14.6. The standard InChI is InChI=1S/C11H14N2/c1-3-4-10-5-6-13-8-11(10)7-9(2)12/h3,5-8H,1,4,12H2,2H3/b9-7+. The summed E-state index contributed by atoms with van der Waals surface area (Å²) in [6, 6.07) is 1.98. The first-order valence-electron chi connectivity index (χ1n) is 4.21. The summed E-state index contributed by atoms with van der Waals surface area (Å²) in [7, 11) is 0. The summed E-state index contributed by atoms with van der Waals surface area (Å²) in [5, 5.41) is 0. The van der Waals surface area contributed by atoms with Crippen LogP contribution in [-0.2, 0) is 6.42 Å². The quantitative estimate of drug-likeness (QED) is 0.713. The number of hydrogen-bond donors (Lipinski definition) is 1. The lowest BCUT2D eigenvalue weighted by molar-refractivity contribution is 1.19. The van der Waals surface area contributed by atoms with Crippen molar-refractivity contribution in [2.75, 3.05) is 0 Å². The Morgan fingerprint density at radius 3 is 3.08 bits per heavy atom. The largest absolute Gasteiger partial charge is 0.402 e. The zero-order chi connectivity index (χ0) is 9.68. The molecule has 13 heavy (non-hydrogen) atoms. The molecule has 0 saturated heterocycles. The average Bonchev–Trinajstić information content (AvgIpc) is 2.08. The highest BCUT2D eigenvalue weighted by Crippen LogP contribution is 2.10. The Morgan fingerprint density at radius 1 is 1.69 bits per heavy atom. The van der Waals surface area contributed by atoms with Gasteiger partial charge in [0.1, 0.15) is 0 Å². The van der Waals surface area contributed by atoms with E-state index in [1.807, 2.05) is 31.3 Å². The Bertz CT molecular complexity index is 323. The van der Waals surface area contributed by atoms with Gasteiger partial charge in [0.15, 0.2) is 0 Å². The predicted octanol–water partition coefficient (Wildman–Crippen LogP) is 2.13. The van der Waals surface area contributed by atoms with Crippen LogP contribution in [0.15, 0.2) is 36.8 Å². The SMILES string of the molecule is C=CCc1ccncc1/C=C(\C)N. The summed E-state index contributed by atoms with van der Waals surface area (Å²) in [4.78, 5) is 4.05. The predicted molar refractivity (Wildman–Crippen MR) is 56.0 cm³/mol. The molecule has 0 atom stereocenters. The fraction of sp³-hybridized carbons (Fsp3) is 0.182. The van der Waals surface area contributed by atoms with Crippen LogP contribution >= 0.6 is 0 Å². The third-order valence-corrected chi connectivity index (χ3v) is 1.69. The maximum absolute atomic E-state index is 5.60. The van der Waals surface area contributed by atoms with Gasteiger partial charge < -0.3 is 5.73 Å². The number of allylic oxidation sites excluding steroid dienone is 2. The molecule has 1 heterocycles. The molecule has 0 spiro atoms. The molecule has 0 amide bonds. The molecule has 0 radical (unpaired) electrons. The minimum absolute atomic E-state index is 0.790. The van der Waals surface area contributed by atoms with Crippen molar-refractivity contribution in [2.45, 2.75) is 13.3 Å². The smallest absolute Gasteiger partial charge is 0.0343 e. The second-order valence-electron chi connectivity index (χ2n) is 2.96. The van der Waals surface area contributed by atoms with E-state index >= 15 is 0 Å². The first kappa shape index (κ1) is 9.52. The molecule has 1 aromatic rings. The Morgan fingerprint density at radius 2 is 2.46 bits per heavy atom. The van der Waals surface area contributed by atoms with Crippen LogP contribution in [-0.4, -0.2) is 4.98 Å². The fourth-order valence-corrected chi connectivity index (χ4v) is 1.15. The van der Waals surface area contributed by atoms with Gasteiger partial charge >= 0.3 is 0 Å². The monoisotopic (exact) mass is 174 g/mol. The fourth-order valence-electron chi connectivity index (χ4n) is 1.15. The van der Waals surface area contributed by atoms with Crippen LogP contribution in [0.2, 0.25) is 0 Å². The molecule has 0 fully saturated rings. The number of pyridine rings is 1. The number of hydrogen-bond acceptors (Lipinski definition) is 2. The molecular formula is C11H14N2. The highest BCUT2D eigenvalue weighted by molar-refractivity contribution is 5.54. The minimum atomic E-state index is 0.790. The van der Waals surface area contributed by atoms with E-state index in [0.29, 0.717) is 0 Å². The van der Waals surface area contributed by atoms with Gasteiger partial charge in [0, 0.05) is 18.1 Å². The Labute approximate surface area is 78.8 Å². The Kier molecular flexibility index (Phi) is 3.26. The van der Waals surface area contributed by atoms with Crippen molar-refractivity contribution in [3.8, 4) is 0 Å². The summed E-state index contributed by atoms with van der Waals surface area (Å²) in [5.41, 5.74) is 8.66. The molecule has 2 nitrogen and oxygen atoms in total. The number of nitrogens with zero attached hydrogens (tertiary/aromatic N) is 1. The van der Waals surface area contributed by atoms with Gasteiger partial charge in [-0.3, -0.25) is 4.98 Å². The van der Waals surface area contributed by atoms with Gasteiger partial charge in [-0.2, -0.15) is 0 Å². The zero-order valence-electron chi connectivity index (χ0n) is 7.83. The maximum Gasteiger partial charge on any atom is 0.0343 e. The van der Waals surface area contributed by atoms with E-state index in [9.17, 15) is 0 Å². The topological polar surface area (TPSA) is 38.9 Å². The van der Waals surface area contributed by atoms with Gasteiger partial charge in [0.2, 0.25) is 0 Å². The van der Waals surface area contributed by atoms with Crippen molar-refractivity contribution < 1.29 is 0 Å². The van der Waals surface area contributed by atoms with E-state index in [4.69, 9.17) is 5.73 Å². The van der Waals surface area contributed by atoms with Crippen LogP contribution < -0.4 is 5.73 Å². The number of rotatable bonds is 3. The lowest BCUT2D eigenvalue weighted by atomic mass is 10.1. The molecule has 0 aliphatic heterocycles. The van der Waals surface area contributed by atoms with Crippen molar-refractivity contribution in [2.24, 2.45) is 5.73 Å². The van der Waals surface area contributed by atoms with Crippen molar-refractivity contribution in [1.29, 1.82) is 0 Å². The van der Waals surface area contributed by atoms with E-state index in [1.165, 1.54) is 5.56 Å². The van der Waals surface area contributed by atoms with Crippen molar-refractivity contribution in [3.05, 3.63) is 47.9 Å². The highest BCUT2D eigenvalue weighted by Gasteiger charge is 1.96. The van der Waals surface area contributed by atoms with Gasteiger partial charge in [-0.15, -0.1) is 6.58 Å². The summed E-state index contributed by atoms with van der Waals surface area (Å²) >= 11 is 0. The first-order valence-corrected chi connectivity index (χ1v) is 4.21. The lowest BCUT2D eigenvalue weighted by Crippen LogP contribution is -1.93. The Balaban J connectivity index is 3.04. The summed E-state index contributed by atoms with van der Waals surface area (Å²) in [5.74, 6) is 0. The second-order valence-corrected chi connectivity index (χ2v) is 2.96. The molecule has 2 N–H and O–H groups in total. The summed E-state index contributed by atoms with van der Waals surface area (Å²) in [6.07, 6.45) is 8.24. The van der Waals surface area contributed by atoms with E-state index < -0.39 is 0 Å². The van der Waals surface area contributed by atoms with Gasteiger partial charge in [-0.05, 0) is 36.6 Å². The van der Waals surface area contributed by atoms with Gasteiger partial charge in [-0.25, -0.2) is 0 Å². The Hall–Kier alpha value is -1.57. The molecule has 0 saturated carbocycles. The van der Waals surface area contributed by atoms with Crippen LogP contribution in [0, 0.1) is 0 Å². The van der Waals surface area contributed by atoms with Crippen molar-refractivity contribution >= 4 is 6.08 Å². The third-order valence-electron chi connectivity index (χ3n) is 1.69. The van der Waals surface area contributed by atoms with E-state index in [2.05, 4.69) is 11.6 Å². The van der Waals surface area contributed by atoms with Gasteiger partial charge in [0.25, 0.3) is 0 Å². The van der Waals surface area contributed by atoms with Crippen LogP contribution in [0.1, 0.15) is 18.1 Å². The molecule has 0 bridgehead atoms. The molecule has 0 unspecified atom stereocenters. The minimum Gasteiger partial charge on any atom is -0.402 e. The maximum atomic E-state index is 5.60. The van der Waals surface area contributed by atoms with E-state index in [-0.39, 0.29) is 0 Å². The van der Waals surface area contributed by atoms with Crippen LogP contribution in [0.4, 0.5) is 0 Å². The van der Waals surface area contributed by atoms with Gasteiger partial charge in [0.05, 0.1) is 0 Å². The molecule has 68 valence electrons. The van der Waals surface area contributed by atoms with Crippen LogP contribution in [0.3, 0.4) is 0 Å². The molecular weight excluding hydrogens is 160 g/mol. The molecule has 2 heteroatoms. The van der Waals surface area contributed by atoms with Crippen LogP contribution in [0.5, 0.6) is 0 Å². The molecule has 0 aliphatic rings. The van der Waals surface area contributed by atoms with Crippen molar-refractivity contribution in [3.63, 3.8) is 0 Å². The van der Waals surface area contributed by atoms with Gasteiger partial charge in [-0.1, -0.05) is 6.08 Å². The van der Waals surface area contributed by atoms with E-state index in [1.54, 1.807) is 6.20 Å². The zero-order valence-corrected chi connectivity index (χ0v) is 7.83. The average molecular weight is 174 g/mol. The second kappa shape index (κ2) is 4.45. The lowest BCUT2D eigenvalue weighted by Gasteiger charge is -2.02. The van der Waals surface area contributed by atoms with E-state index in [0.717, 1.165) is 17.7 Å².